The highest BCUT2D eigenvalue weighted by molar-refractivity contribution is 5.94. The lowest BCUT2D eigenvalue weighted by atomic mass is 10.1. The van der Waals surface area contributed by atoms with Crippen LogP contribution in [0.3, 0.4) is 0 Å². The molecule has 0 aliphatic rings. The SMILES string of the molecule is CCCCCOc1ccc(/C=N\NC(=O)c2cccn(Cc3cccc(C)c3)c2=O)cc1. The Labute approximate surface area is 188 Å². The number of carbonyl (C=O) groups is 1. The van der Waals surface area contributed by atoms with E-state index in [2.05, 4.69) is 17.5 Å². The molecule has 1 aromatic heterocycles. The molecule has 6 nitrogen and oxygen atoms in total. The Kier molecular flexibility index (Phi) is 8.37. The number of hydrogen-bond acceptors (Lipinski definition) is 4. The molecule has 0 unspecified atom stereocenters. The van der Waals surface area contributed by atoms with Crippen LogP contribution in [-0.2, 0) is 6.54 Å². The average Bonchev–Trinajstić information content (AvgIpc) is 2.79. The summed E-state index contributed by atoms with van der Waals surface area (Å²) in [5, 5.41) is 3.99. The number of aromatic nitrogens is 1. The van der Waals surface area contributed by atoms with Crippen LogP contribution in [0.15, 0.2) is 76.8 Å². The molecule has 0 atom stereocenters. The van der Waals surface area contributed by atoms with Crippen LogP contribution >= 0.6 is 0 Å². The Balaban J connectivity index is 1.59. The van der Waals surface area contributed by atoms with E-state index in [0.29, 0.717) is 13.2 Å². The normalized spacial score (nSPS) is 10.9. The fourth-order valence-electron chi connectivity index (χ4n) is 3.26. The van der Waals surface area contributed by atoms with Crippen LogP contribution in [0, 0.1) is 6.92 Å². The van der Waals surface area contributed by atoms with Crippen molar-refractivity contribution in [2.24, 2.45) is 5.10 Å². The van der Waals surface area contributed by atoms with Gasteiger partial charge >= 0.3 is 0 Å². The molecular weight excluding hydrogens is 402 g/mol. The van der Waals surface area contributed by atoms with Crippen molar-refractivity contribution >= 4 is 12.1 Å². The van der Waals surface area contributed by atoms with Crippen molar-refractivity contribution in [2.45, 2.75) is 39.7 Å². The Morgan fingerprint density at radius 2 is 1.91 bits per heavy atom. The maximum Gasteiger partial charge on any atom is 0.276 e. The minimum Gasteiger partial charge on any atom is -0.494 e. The number of aryl methyl sites for hydroxylation is 1. The molecule has 3 aromatic rings. The van der Waals surface area contributed by atoms with E-state index in [4.69, 9.17) is 4.74 Å². The zero-order valence-corrected chi connectivity index (χ0v) is 18.6. The third kappa shape index (κ3) is 6.67. The maximum atomic E-state index is 12.7. The third-order valence-electron chi connectivity index (χ3n) is 4.98. The van der Waals surface area contributed by atoms with Crippen LogP contribution in [0.5, 0.6) is 5.75 Å². The number of pyridine rings is 1. The van der Waals surface area contributed by atoms with Crippen LogP contribution in [0.2, 0.25) is 0 Å². The molecule has 0 fully saturated rings. The summed E-state index contributed by atoms with van der Waals surface area (Å²) in [6, 6.07) is 18.6. The molecule has 3 rings (SSSR count). The highest BCUT2D eigenvalue weighted by atomic mass is 16.5. The number of hydrogen-bond donors (Lipinski definition) is 1. The number of nitrogens with one attached hydrogen (secondary N) is 1. The molecule has 166 valence electrons. The highest BCUT2D eigenvalue weighted by Gasteiger charge is 2.11. The Morgan fingerprint density at radius 3 is 2.66 bits per heavy atom. The van der Waals surface area contributed by atoms with Gasteiger partial charge in [0.15, 0.2) is 0 Å². The van der Waals surface area contributed by atoms with Crippen LogP contribution in [-0.4, -0.2) is 23.3 Å². The summed E-state index contributed by atoms with van der Waals surface area (Å²) >= 11 is 0. The van der Waals surface area contributed by atoms with Gasteiger partial charge in [-0.2, -0.15) is 5.10 Å². The van der Waals surface area contributed by atoms with Gasteiger partial charge in [0.2, 0.25) is 0 Å². The smallest absolute Gasteiger partial charge is 0.276 e. The summed E-state index contributed by atoms with van der Waals surface area (Å²) < 4.78 is 7.21. The van der Waals surface area contributed by atoms with Gasteiger partial charge in [-0.3, -0.25) is 9.59 Å². The van der Waals surface area contributed by atoms with Crippen LogP contribution in [0.25, 0.3) is 0 Å². The molecule has 32 heavy (non-hydrogen) atoms. The number of benzene rings is 2. The maximum absolute atomic E-state index is 12.7. The van der Waals surface area contributed by atoms with Gasteiger partial charge in [-0.1, -0.05) is 49.6 Å². The van der Waals surface area contributed by atoms with E-state index >= 15 is 0 Å². The van der Waals surface area contributed by atoms with Crippen LogP contribution in [0.1, 0.15) is 53.2 Å². The van der Waals surface area contributed by atoms with Gasteiger partial charge in [-0.25, -0.2) is 5.43 Å². The van der Waals surface area contributed by atoms with E-state index < -0.39 is 5.91 Å². The van der Waals surface area contributed by atoms with E-state index in [-0.39, 0.29) is 11.1 Å². The Hall–Kier alpha value is -3.67. The number of hydrazone groups is 1. The van der Waals surface area contributed by atoms with Gasteiger partial charge in [0.1, 0.15) is 11.3 Å². The first-order chi connectivity index (χ1) is 15.6. The average molecular weight is 432 g/mol. The van der Waals surface area contributed by atoms with Crippen molar-refractivity contribution < 1.29 is 9.53 Å². The first kappa shape index (κ1) is 23.0. The van der Waals surface area contributed by atoms with E-state index in [1.807, 2.05) is 55.5 Å². The molecule has 2 aromatic carbocycles. The Bertz CT molecular complexity index is 1120. The number of ether oxygens (including phenoxy) is 1. The monoisotopic (exact) mass is 431 g/mol. The summed E-state index contributed by atoms with van der Waals surface area (Å²) in [6.07, 6.45) is 6.57. The fourth-order valence-corrected chi connectivity index (χ4v) is 3.26. The van der Waals surface area contributed by atoms with E-state index in [1.54, 1.807) is 12.3 Å². The van der Waals surface area contributed by atoms with Crippen molar-refractivity contribution in [3.63, 3.8) is 0 Å². The van der Waals surface area contributed by atoms with Gasteiger partial charge in [0, 0.05) is 6.20 Å². The van der Waals surface area contributed by atoms with Gasteiger partial charge in [0.25, 0.3) is 11.5 Å². The first-order valence-corrected chi connectivity index (χ1v) is 10.9. The minimum absolute atomic E-state index is 0.0492. The standard InChI is InChI=1S/C26H29N3O3/c1-3-4-5-16-32-23-13-11-21(12-14-23)18-27-28-25(30)24-10-7-15-29(26(24)31)19-22-9-6-8-20(2)17-22/h6-15,17-18H,3-5,16,19H2,1-2H3,(H,28,30)/b27-18-. The summed E-state index contributed by atoms with van der Waals surface area (Å²) in [6.45, 7) is 5.27. The van der Waals surface area contributed by atoms with E-state index in [0.717, 1.165) is 41.7 Å². The van der Waals surface area contributed by atoms with Crippen molar-refractivity contribution in [3.05, 3.63) is 99.5 Å². The van der Waals surface area contributed by atoms with E-state index in [1.165, 1.54) is 16.8 Å². The summed E-state index contributed by atoms with van der Waals surface area (Å²) in [5.41, 5.74) is 5.07. The number of rotatable bonds is 10. The molecular formula is C26H29N3O3. The van der Waals surface area contributed by atoms with E-state index in [9.17, 15) is 9.59 Å². The van der Waals surface area contributed by atoms with Crippen LogP contribution < -0.4 is 15.7 Å². The summed E-state index contributed by atoms with van der Waals surface area (Å²) in [7, 11) is 0. The number of carbonyl (C=O) groups excluding carboxylic acids is 1. The molecule has 1 amide bonds. The Morgan fingerprint density at radius 1 is 1.09 bits per heavy atom. The third-order valence-corrected chi connectivity index (χ3v) is 4.98. The lowest BCUT2D eigenvalue weighted by Crippen LogP contribution is -2.30. The topological polar surface area (TPSA) is 72.7 Å². The molecule has 0 radical (unpaired) electrons. The molecule has 1 N–H and O–H groups in total. The number of nitrogens with zero attached hydrogens (tertiary/aromatic N) is 2. The molecule has 0 aliphatic heterocycles. The predicted molar refractivity (Wildman–Crippen MR) is 128 cm³/mol. The second-order valence-corrected chi connectivity index (χ2v) is 7.67. The van der Waals surface area contributed by atoms with Crippen molar-refractivity contribution in [3.8, 4) is 5.75 Å². The van der Waals surface area contributed by atoms with Gasteiger partial charge in [-0.15, -0.1) is 0 Å². The fraction of sp³-hybridized carbons (Fsp3) is 0.269. The molecule has 0 saturated heterocycles. The summed E-state index contributed by atoms with van der Waals surface area (Å²) in [5.74, 6) is 0.265. The van der Waals surface area contributed by atoms with Crippen LogP contribution in [0.4, 0.5) is 0 Å². The number of amides is 1. The highest BCUT2D eigenvalue weighted by Crippen LogP contribution is 2.12. The minimum atomic E-state index is -0.541. The lowest BCUT2D eigenvalue weighted by molar-refractivity contribution is 0.0953. The predicted octanol–water partition coefficient (Wildman–Crippen LogP) is 4.54. The second-order valence-electron chi connectivity index (χ2n) is 7.67. The molecule has 0 aliphatic carbocycles. The molecule has 0 spiro atoms. The van der Waals surface area contributed by atoms with Crippen molar-refractivity contribution in [2.75, 3.05) is 6.61 Å². The zero-order valence-electron chi connectivity index (χ0n) is 18.6. The van der Waals surface area contributed by atoms with Gasteiger partial charge in [0.05, 0.1) is 19.4 Å². The molecule has 1 heterocycles. The first-order valence-electron chi connectivity index (χ1n) is 10.9. The molecule has 0 bridgehead atoms. The number of unbranched alkanes of at least 4 members (excludes halogenated alkanes) is 2. The van der Waals surface area contributed by atoms with Gasteiger partial charge < -0.3 is 9.30 Å². The molecule has 0 saturated carbocycles. The largest absolute Gasteiger partial charge is 0.494 e. The quantitative estimate of drug-likeness (QED) is 0.291. The van der Waals surface area contributed by atoms with Gasteiger partial charge in [-0.05, 0) is 60.9 Å². The van der Waals surface area contributed by atoms with Crippen molar-refractivity contribution in [1.82, 2.24) is 9.99 Å². The van der Waals surface area contributed by atoms with Crippen molar-refractivity contribution in [1.29, 1.82) is 0 Å². The molecule has 6 heteroatoms. The lowest BCUT2D eigenvalue weighted by Gasteiger charge is -2.08. The summed E-state index contributed by atoms with van der Waals surface area (Å²) in [4.78, 5) is 25.2. The zero-order chi connectivity index (χ0) is 22.8. The second kappa shape index (κ2) is 11.6.